The summed E-state index contributed by atoms with van der Waals surface area (Å²) in [5.41, 5.74) is 1.08. The van der Waals surface area contributed by atoms with Gasteiger partial charge < -0.3 is 10.1 Å². The minimum absolute atomic E-state index is 0.151. The number of H-pyrrole nitrogens is 1. The van der Waals surface area contributed by atoms with E-state index in [1.807, 2.05) is 6.92 Å². The predicted octanol–water partition coefficient (Wildman–Crippen LogP) is 3.04. The van der Waals surface area contributed by atoms with Crippen LogP contribution in [0.4, 0.5) is 5.69 Å². The average molecular weight is 336 g/mol. The Morgan fingerprint density at radius 2 is 2.09 bits per heavy atom. The normalized spacial score (nSPS) is 11.7. The molecule has 22 heavy (non-hydrogen) atoms. The monoisotopic (exact) mass is 336 g/mol. The summed E-state index contributed by atoms with van der Waals surface area (Å²) >= 11 is 1.36. The van der Waals surface area contributed by atoms with Crippen LogP contribution in [0.25, 0.3) is 10.9 Å². The molecule has 1 aromatic carbocycles. The number of carboxylic acids is 1. The van der Waals surface area contributed by atoms with Gasteiger partial charge in [0, 0.05) is 27.4 Å². The largest absolute Gasteiger partial charge is 0.478 e. The number of carbonyl (C=O) groups is 1. The van der Waals surface area contributed by atoms with Gasteiger partial charge in [0.25, 0.3) is 10.0 Å². The summed E-state index contributed by atoms with van der Waals surface area (Å²) in [6.45, 7) is 1.84. The average Bonchev–Trinajstić information content (AvgIpc) is 3.04. The molecule has 0 atom stereocenters. The number of rotatable bonds is 4. The van der Waals surface area contributed by atoms with Crippen molar-refractivity contribution in [3.8, 4) is 0 Å². The van der Waals surface area contributed by atoms with Gasteiger partial charge in [0.15, 0.2) is 0 Å². The zero-order chi connectivity index (χ0) is 15.9. The fraction of sp³-hybridized carbons (Fsp3) is 0.0714. The Morgan fingerprint density at radius 1 is 1.32 bits per heavy atom. The molecule has 0 amide bonds. The summed E-state index contributed by atoms with van der Waals surface area (Å²) < 4.78 is 27.0. The van der Waals surface area contributed by atoms with E-state index in [2.05, 4.69) is 9.71 Å². The second-order valence-electron chi connectivity index (χ2n) is 4.77. The van der Waals surface area contributed by atoms with E-state index in [1.54, 1.807) is 29.6 Å². The lowest BCUT2D eigenvalue weighted by atomic mass is 10.1. The highest BCUT2D eigenvalue weighted by Crippen LogP contribution is 2.25. The van der Waals surface area contributed by atoms with Gasteiger partial charge in [-0.2, -0.15) is 0 Å². The molecule has 3 rings (SSSR count). The third-order valence-corrected chi connectivity index (χ3v) is 5.55. The van der Waals surface area contributed by atoms with E-state index >= 15 is 0 Å². The van der Waals surface area contributed by atoms with Gasteiger partial charge in [0.1, 0.15) is 0 Å². The molecule has 0 aliphatic rings. The van der Waals surface area contributed by atoms with Crippen molar-refractivity contribution in [1.82, 2.24) is 4.98 Å². The fourth-order valence-electron chi connectivity index (χ4n) is 2.14. The molecule has 2 heterocycles. The molecule has 0 unspecified atom stereocenters. The van der Waals surface area contributed by atoms with Gasteiger partial charge >= 0.3 is 5.97 Å². The topological polar surface area (TPSA) is 99.3 Å². The molecule has 6 nitrogen and oxygen atoms in total. The molecular formula is C14H12N2O4S2. The van der Waals surface area contributed by atoms with Gasteiger partial charge in [-0.25, -0.2) is 13.2 Å². The molecule has 0 saturated heterocycles. The lowest BCUT2D eigenvalue weighted by Crippen LogP contribution is -2.11. The third-order valence-electron chi connectivity index (χ3n) is 3.18. The number of aromatic carboxylic acids is 1. The first kappa shape index (κ1) is 14.6. The van der Waals surface area contributed by atoms with Crippen LogP contribution in [0.2, 0.25) is 0 Å². The number of anilines is 1. The van der Waals surface area contributed by atoms with Crippen molar-refractivity contribution in [3.05, 3.63) is 46.3 Å². The Labute approximate surface area is 130 Å². The smallest absolute Gasteiger partial charge is 0.337 e. The molecule has 0 spiro atoms. The minimum atomic E-state index is -3.64. The van der Waals surface area contributed by atoms with Crippen LogP contribution < -0.4 is 4.72 Å². The Bertz CT molecular complexity index is 970. The number of aromatic nitrogens is 1. The number of fused-ring (bicyclic) bond motifs is 1. The highest BCUT2D eigenvalue weighted by Gasteiger charge is 2.17. The molecule has 0 bridgehead atoms. The fourth-order valence-corrected chi connectivity index (χ4v) is 4.32. The van der Waals surface area contributed by atoms with Gasteiger partial charge in [-0.05, 0) is 31.2 Å². The quantitative estimate of drug-likeness (QED) is 0.682. The van der Waals surface area contributed by atoms with Crippen molar-refractivity contribution in [2.45, 2.75) is 11.8 Å². The predicted molar refractivity (Wildman–Crippen MR) is 85.1 cm³/mol. The maximum atomic E-state index is 12.3. The third kappa shape index (κ3) is 2.58. The second-order valence-corrected chi connectivity index (χ2v) is 7.56. The molecule has 114 valence electrons. The Balaban J connectivity index is 1.96. The van der Waals surface area contributed by atoms with Crippen LogP contribution >= 0.6 is 11.3 Å². The number of sulfonamides is 1. The van der Waals surface area contributed by atoms with Crippen molar-refractivity contribution >= 4 is 43.9 Å². The van der Waals surface area contributed by atoms with Gasteiger partial charge in [0.05, 0.1) is 16.1 Å². The molecule has 8 heteroatoms. The number of carboxylic acid groups (broad SMARTS) is 1. The maximum Gasteiger partial charge on any atom is 0.337 e. The van der Waals surface area contributed by atoms with E-state index in [0.717, 1.165) is 4.88 Å². The Kier molecular flexibility index (Phi) is 3.42. The molecule has 3 aromatic rings. The SMILES string of the molecule is Cc1cc(S(=O)(=O)Nc2ccc3c(C(=O)O)c[nH]c3c2)cs1. The van der Waals surface area contributed by atoms with Crippen molar-refractivity contribution in [1.29, 1.82) is 0 Å². The van der Waals surface area contributed by atoms with Gasteiger partial charge in [-0.3, -0.25) is 4.72 Å². The Hall–Kier alpha value is -2.32. The van der Waals surface area contributed by atoms with E-state index in [-0.39, 0.29) is 10.5 Å². The van der Waals surface area contributed by atoms with E-state index in [0.29, 0.717) is 16.6 Å². The summed E-state index contributed by atoms with van der Waals surface area (Å²) in [6.07, 6.45) is 1.38. The summed E-state index contributed by atoms with van der Waals surface area (Å²) in [5, 5.41) is 11.2. The zero-order valence-corrected chi connectivity index (χ0v) is 13.1. The number of hydrogen-bond donors (Lipinski definition) is 3. The van der Waals surface area contributed by atoms with Crippen LogP contribution in [0.3, 0.4) is 0 Å². The number of hydrogen-bond acceptors (Lipinski definition) is 4. The lowest BCUT2D eigenvalue weighted by Gasteiger charge is -2.06. The van der Waals surface area contributed by atoms with Crippen LogP contribution in [-0.4, -0.2) is 24.5 Å². The van der Waals surface area contributed by atoms with Crippen LogP contribution in [0, 0.1) is 6.92 Å². The number of aromatic amines is 1. The first-order chi connectivity index (χ1) is 10.4. The molecule has 0 fully saturated rings. The molecule has 0 radical (unpaired) electrons. The number of benzene rings is 1. The molecule has 0 aliphatic heterocycles. The van der Waals surface area contributed by atoms with Gasteiger partial charge in [-0.1, -0.05) is 0 Å². The summed E-state index contributed by atoms with van der Waals surface area (Å²) in [5.74, 6) is -1.03. The maximum absolute atomic E-state index is 12.3. The number of aryl methyl sites for hydroxylation is 1. The van der Waals surface area contributed by atoms with Gasteiger partial charge in [0.2, 0.25) is 0 Å². The number of nitrogens with one attached hydrogen (secondary N) is 2. The van der Waals surface area contributed by atoms with Crippen molar-refractivity contribution < 1.29 is 18.3 Å². The van der Waals surface area contributed by atoms with Crippen molar-refractivity contribution in [2.24, 2.45) is 0 Å². The van der Waals surface area contributed by atoms with Crippen LogP contribution in [0.5, 0.6) is 0 Å². The van der Waals surface area contributed by atoms with Crippen molar-refractivity contribution in [2.75, 3.05) is 4.72 Å². The standard InChI is InChI=1S/C14H12N2O4S2/c1-8-4-10(7-21-8)22(19,20)16-9-2-3-11-12(14(17)18)6-15-13(11)5-9/h2-7,15-16H,1H3,(H,17,18). The highest BCUT2D eigenvalue weighted by atomic mass is 32.2. The molecule has 0 saturated carbocycles. The molecular weight excluding hydrogens is 324 g/mol. The summed E-state index contributed by atoms with van der Waals surface area (Å²) in [6, 6.07) is 6.28. The number of thiophene rings is 1. The van der Waals surface area contributed by atoms with Crippen molar-refractivity contribution in [3.63, 3.8) is 0 Å². The van der Waals surface area contributed by atoms with Crippen LogP contribution in [0.15, 0.2) is 40.7 Å². The minimum Gasteiger partial charge on any atom is -0.478 e. The zero-order valence-electron chi connectivity index (χ0n) is 11.5. The lowest BCUT2D eigenvalue weighted by molar-refractivity contribution is 0.0699. The first-order valence-electron chi connectivity index (χ1n) is 6.29. The summed E-state index contributed by atoms with van der Waals surface area (Å²) in [7, 11) is -3.64. The second kappa shape index (κ2) is 5.15. The van der Waals surface area contributed by atoms with E-state index in [9.17, 15) is 13.2 Å². The van der Waals surface area contributed by atoms with Crippen LogP contribution in [-0.2, 0) is 10.0 Å². The molecule has 0 aliphatic carbocycles. The van der Waals surface area contributed by atoms with E-state index in [4.69, 9.17) is 5.11 Å². The van der Waals surface area contributed by atoms with E-state index in [1.165, 1.54) is 17.5 Å². The highest BCUT2D eigenvalue weighted by molar-refractivity contribution is 7.92. The van der Waals surface area contributed by atoms with Gasteiger partial charge in [-0.15, -0.1) is 11.3 Å². The summed E-state index contributed by atoms with van der Waals surface area (Å²) in [4.78, 5) is 15.0. The van der Waals surface area contributed by atoms with Crippen LogP contribution in [0.1, 0.15) is 15.2 Å². The molecule has 2 aromatic heterocycles. The van der Waals surface area contributed by atoms with E-state index < -0.39 is 16.0 Å². The first-order valence-corrected chi connectivity index (χ1v) is 8.65. The Morgan fingerprint density at radius 3 is 2.73 bits per heavy atom. The molecule has 3 N–H and O–H groups in total.